The number of nitrogens with zero attached hydrogens (tertiary/aromatic N) is 1. The van der Waals surface area contributed by atoms with Gasteiger partial charge in [0.2, 0.25) is 0 Å². The van der Waals surface area contributed by atoms with Gasteiger partial charge in [0.25, 0.3) is 5.91 Å². The number of hydrogen-bond donors (Lipinski definition) is 2. The Morgan fingerprint density at radius 3 is 2.86 bits per heavy atom. The zero-order valence-electron chi connectivity index (χ0n) is 12.0. The third-order valence-corrected chi connectivity index (χ3v) is 3.71. The van der Waals surface area contributed by atoms with Crippen LogP contribution in [0.5, 0.6) is 0 Å². The Labute approximate surface area is 124 Å². The standard InChI is InChI=1S/C17H19N3O/c1-2-18-13-8-9-19-16(10-13)17(21)20-15-11-14(15)12-6-4-3-5-7-12/h3-10,14-15H,2,11H2,1H3,(H,18,19)(H,20,21). The van der Waals surface area contributed by atoms with Gasteiger partial charge in [-0.15, -0.1) is 0 Å². The van der Waals surface area contributed by atoms with Crippen molar-refractivity contribution < 1.29 is 4.79 Å². The van der Waals surface area contributed by atoms with Crippen LogP contribution in [0.15, 0.2) is 48.7 Å². The zero-order valence-corrected chi connectivity index (χ0v) is 12.0. The first-order chi connectivity index (χ1) is 10.3. The van der Waals surface area contributed by atoms with Crippen LogP contribution in [0, 0.1) is 0 Å². The summed E-state index contributed by atoms with van der Waals surface area (Å²) in [6, 6.07) is 14.2. The predicted molar refractivity (Wildman–Crippen MR) is 83.5 cm³/mol. The fourth-order valence-corrected chi connectivity index (χ4v) is 2.53. The van der Waals surface area contributed by atoms with E-state index in [2.05, 4.69) is 27.8 Å². The number of pyridine rings is 1. The Hall–Kier alpha value is -2.36. The normalized spacial score (nSPS) is 19.9. The van der Waals surface area contributed by atoms with Gasteiger partial charge < -0.3 is 10.6 Å². The van der Waals surface area contributed by atoms with Gasteiger partial charge in [-0.1, -0.05) is 30.3 Å². The molecule has 0 spiro atoms. The molecule has 108 valence electrons. The second-order valence-electron chi connectivity index (χ2n) is 5.29. The molecule has 2 atom stereocenters. The highest BCUT2D eigenvalue weighted by atomic mass is 16.2. The average molecular weight is 281 g/mol. The molecule has 1 aliphatic rings. The number of anilines is 1. The third kappa shape index (κ3) is 3.21. The third-order valence-electron chi connectivity index (χ3n) is 3.71. The average Bonchev–Trinajstić information content (AvgIpc) is 3.28. The molecule has 2 unspecified atom stereocenters. The predicted octanol–water partition coefficient (Wildman–Crippen LogP) is 2.80. The van der Waals surface area contributed by atoms with Crippen LogP contribution in [0.25, 0.3) is 0 Å². The molecule has 0 bridgehead atoms. The highest BCUT2D eigenvalue weighted by Crippen LogP contribution is 2.40. The maximum Gasteiger partial charge on any atom is 0.270 e. The quantitative estimate of drug-likeness (QED) is 0.886. The number of carbonyl (C=O) groups is 1. The smallest absolute Gasteiger partial charge is 0.270 e. The van der Waals surface area contributed by atoms with Gasteiger partial charge in [0.15, 0.2) is 0 Å². The number of carbonyl (C=O) groups excluding carboxylic acids is 1. The maximum atomic E-state index is 12.2. The summed E-state index contributed by atoms with van der Waals surface area (Å²) in [6.45, 7) is 2.85. The van der Waals surface area contributed by atoms with Crippen molar-refractivity contribution in [3.8, 4) is 0 Å². The van der Waals surface area contributed by atoms with E-state index in [1.807, 2.05) is 31.2 Å². The molecule has 4 heteroatoms. The molecule has 0 radical (unpaired) electrons. The van der Waals surface area contributed by atoms with E-state index < -0.39 is 0 Å². The fourth-order valence-electron chi connectivity index (χ4n) is 2.53. The Kier molecular flexibility index (Phi) is 3.86. The summed E-state index contributed by atoms with van der Waals surface area (Å²) < 4.78 is 0. The Morgan fingerprint density at radius 2 is 2.10 bits per heavy atom. The Bertz CT molecular complexity index is 627. The van der Waals surface area contributed by atoms with Crippen molar-refractivity contribution in [3.63, 3.8) is 0 Å². The molecule has 21 heavy (non-hydrogen) atoms. The van der Waals surface area contributed by atoms with E-state index in [0.717, 1.165) is 18.7 Å². The molecule has 1 aromatic carbocycles. The zero-order chi connectivity index (χ0) is 14.7. The lowest BCUT2D eigenvalue weighted by Gasteiger charge is -2.07. The van der Waals surface area contributed by atoms with Crippen LogP contribution in [0.3, 0.4) is 0 Å². The van der Waals surface area contributed by atoms with E-state index >= 15 is 0 Å². The molecule has 1 amide bonds. The van der Waals surface area contributed by atoms with Gasteiger partial charge in [-0.3, -0.25) is 9.78 Å². The second-order valence-corrected chi connectivity index (χ2v) is 5.29. The van der Waals surface area contributed by atoms with E-state index in [1.165, 1.54) is 5.56 Å². The summed E-state index contributed by atoms with van der Waals surface area (Å²) in [5.74, 6) is 0.338. The van der Waals surface area contributed by atoms with Gasteiger partial charge in [0.1, 0.15) is 5.69 Å². The Morgan fingerprint density at radius 1 is 1.29 bits per heavy atom. The molecule has 1 saturated carbocycles. The Balaban J connectivity index is 1.62. The molecule has 1 fully saturated rings. The number of aromatic nitrogens is 1. The van der Waals surface area contributed by atoms with Crippen LogP contribution < -0.4 is 10.6 Å². The fraction of sp³-hybridized carbons (Fsp3) is 0.294. The van der Waals surface area contributed by atoms with Crippen LogP contribution >= 0.6 is 0 Å². The monoisotopic (exact) mass is 281 g/mol. The molecule has 3 rings (SSSR count). The van der Waals surface area contributed by atoms with Gasteiger partial charge in [-0.05, 0) is 31.0 Å². The van der Waals surface area contributed by atoms with E-state index in [-0.39, 0.29) is 11.9 Å². The molecule has 1 aromatic heterocycles. The second kappa shape index (κ2) is 5.95. The molecule has 2 N–H and O–H groups in total. The van der Waals surface area contributed by atoms with Gasteiger partial charge in [0.05, 0.1) is 0 Å². The van der Waals surface area contributed by atoms with Crippen LogP contribution in [0.2, 0.25) is 0 Å². The molecule has 1 aliphatic carbocycles. The highest BCUT2D eigenvalue weighted by Gasteiger charge is 2.39. The molecule has 2 aromatic rings. The molecular weight excluding hydrogens is 262 g/mol. The van der Waals surface area contributed by atoms with Crippen molar-refractivity contribution >= 4 is 11.6 Å². The summed E-state index contributed by atoms with van der Waals surface area (Å²) >= 11 is 0. The summed E-state index contributed by atoms with van der Waals surface area (Å²) in [6.07, 6.45) is 2.66. The molecule has 0 saturated heterocycles. The van der Waals surface area contributed by atoms with Crippen LogP contribution in [-0.2, 0) is 0 Å². The first kappa shape index (κ1) is 13.6. The summed E-state index contributed by atoms with van der Waals surface area (Å²) in [5, 5.41) is 6.25. The highest BCUT2D eigenvalue weighted by molar-refractivity contribution is 5.93. The number of amides is 1. The SMILES string of the molecule is CCNc1ccnc(C(=O)NC2CC2c2ccccc2)c1. The number of hydrogen-bond acceptors (Lipinski definition) is 3. The van der Waals surface area contributed by atoms with Crippen molar-refractivity contribution in [1.29, 1.82) is 0 Å². The number of nitrogens with one attached hydrogen (secondary N) is 2. The first-order valence-corrected chi connectivity index (χ1v) is 7.33. The van der Waals surface area contributed by atoms with Gasteiger partial charge in [-0.25, -0.2) is 0 Å². The van der Waals surface area contributed by atoms with Crippen molar-refractivity contribution in [3.05, 3.63) is 59.9 Å². The minimum atomic E-state index is -0.0989. The minimum absolute atomic E-state index is 0.0989. The number of rotatable bonds is 5. The topological polar surface area (TPSA) is 54.0 Å². The minimum Gasteiger partial charge on any atom is -0.385 e. The lowest BCUT2D eigenvalue weighted by molar-refractivity contribution is 0.0945. The number of benzene rings is 1. The molecular formula is C17H19N3O. The van der Waals surface area contributed by atoms with Crippen LogP contribution in [0.4, 0.5) is 5.69 Å². The van der Waals surface area contributed by atoms with E-state index in [0.29, 0.717) is 11.6 Å². The van der Waals surface area contributed by atoms with E-state index in [1.54, 1.807) is 12.3 Å². The van der Waals surface area contributed by atoms with Gasteiger partial charge in [-0.2, -0.15) is 0 Å². The van der Waals surface area contributed by atoms with Crippen LogP contribution in [0.1, 0.15) is 35.3 Å². The van der Waals surface area contributed by atoms with E-state index in [9.17, 15) is 4.79 Å². The summed E-state index contributed by atoms with van der Waals surface area (Å²) in [7, 11) is 0. The van der Waals surface area contributed by atoms with E-state index in [4.69, 9.17) is 0 Å². The molecule has 4 nitrogen and oxygen atoms in total. The molecule has 0 aliphatic heterocycles. The lowest BCUT2D eigenvalue weighted by Crippen LogP contribution is -2.27. The summed E-state index contributed by atoms with van der Waals surface area (Å²) in [4.78, 5) is 16.4. The van der Waals surface area contributed by atoms with Crippen molar-refractivity contribution in [2.45, 2.75) is 25.3 Å². The van der Waals surface area contributed by atoms with Crippen molar-refractivity contribution in [1.82, 2.24) is 10.3 Å². The lowest BCUT2D eigenvalue weighted by atomic mass is 10.1. The molecule has 1 heterocycles. The largest absolute Gasteiger partial charge is 0.385 e. The van der Waals surface area contributed by atoms with Crippen molar-refractivity contribution in [2.75, 3.05) is 11.9 Å². The van der Waals surface area contributed by atoms with Crippen LogP contribution in [-0.4, -0.2) is 23.5 Å². The van der Waals surface area contributed by atoms with Gasteiger partial charge in [0, 0.05) is 30.4 Å². The summed E-state index contributed by atoms with van der Waals surface area (Å²) in [5.41, 5.74) is 2.68. The maximum absolute atomic E-state index is 12.2. The first-order valence-electron chi connectivity index (χ1n) is 7.33. The van der Waals surface area contributed by atoms with Crippen molar-refractivity contribution in [2.24, 2.45) is 0 Å². The van der Waals surface area contributed by atoms with Gasteiger partial charge >= 0.3 is 0 Å².